The molecule has 5 rings (SSSR count). The van der Waals surface area contributed by atoms with Gasteiger partial charge in [0.05, 0.1) is 10.6 Å². The summed E-state index contributed by atoms with van der Waals surface area (Å²) >= 11 is 9.52. The Kier molecular flexibility index (Phi) is 10.4. The largest absolute Gasteiger partial charge is 0.504 e. The van der Waals surface area contributed by atoms with Crippen LogP contribution in [0.1, 0.15) is 28.9 Å². The third-order valence-electron chi connectivity index (χ3n) is 7.21. The molecule has 3 heterocycles. The summed E-state index contributed by atoms with van der Waals surface area (Å²) in [6, 6.07) is 1.30. The highest BCUT2D eigenvalue weighted by Crippen LogP contribution is 2.41. The number of β-lactam (4-membered cyclic amide) rings is 1. The number of thiazole rings is 1. The third-order valence-corrected chi connectivity index (χ3v) is 10.7. The Morgan fingerprint density at radius 3 is 2.62 bits per heavy atom. The summed E-state index contributed by atoms with van der Waals surface area (Å²) in [6.07, 6.45) is 0.0238. The number of carboxylic acids is 2. The molecule has 20 heteroatoms. The van der Waals surface area contributed by atoms with E-state index in [4.69, 9.17) is 22.2 Å². The minimum absolute atomic E-state index is 0.0239. The molecule has 1 aliphatic carbocycles. The molecule has 16 nitrogen and oxygen atoms in total. The SMILES string of the molecule is Nc1nc(/C(=N/OC(C(=O)O)C2CC2)C(=O)N[C@@H]2C(=O)N3C(C(=O)O)=C(CSCCNC(=O)c4ccc(O)c(O)c4Cl)CS[C@H]23)cs1. The van der Waals surface area contributed by atoms with Gasteiger partial charge in [-0.05, 0) is 30.5 Å². The lowest BCUT2D eigenvalue weighted by Gasteiger charge is -2.49. The highest BCUT2D eigenvalue weighted by Gasteiger charge is 2.54. The molecule has 3 amide bonds. The van der Waals surface area contributed by atoms with Gasteiger partial charge >= 0.3 is 11.9 Å². The lowest BCUT2D eigenvalue weighted by molar-refractivity contribution is -0.152. The maximum Gasteiger partial charge on any atom is 0.352 e. The zero-order chi connectivity index (χ0) is 34.0. The predicted octanol–water partition coefficient (Wildman–Crippen LogP) is 1.28. The van der Waals surface area contributed by atoms with Crippen molar-refractivity contribution >= 4 is 87.0 Å². The van der Waals surface area contributed by atoms with Crippen LogP contribution in [0.3, 0.4) is 0 Å². The number of hydrogen-bond donors (Lipinski definition) is 7. The number of phenolic OH excluding ortho intramolecular Hbond substituents is 2. The molecule has 0 radical (unpaired) electrons. The third kappa shape index (κ3) is 7.37. The van der Waals surface area contributed by atoms with Crippen molar-refractivity contribution in [2.45, 2.75) is 30.4 Å². The zero-order valence-electron chi connectivity index (χ0n) is 24.0. The molecule has 3 aliphatic rings. The van der Waals surface area contributed by atoms with Crippen molar-refractivity contribution in [2.24, 2.45) is 11.1 Å². The highest BCUT2D eigenvalue weighted by molar-refractivity contribution is 8.01. The molecule has 47 heavy (non-hydrogen) atoms. The molecular formula is C27H27ClN6O10S3. The van der Waals surface area contributed by atoms with Crippen LogP contribution in [-0.2, 0) is 24.0 Å². The molecule has 8 N–H and O–H groups in total. The van der Waals surface area contributed by atoms with Gasteiger partial charge in [0.15, 0.2) is 22.3 Å². The molecule has 2 aliphatic heterocycles. The number of thioether (sulfide) groups is 2. The lowest BCUT2D eigenvalue weighted by atomic mass is 10.0. The van der Waals surface area contributed by atoms with Crippen LogP contribution in [0.2, 0.25) is 5.02 Å². The summed E-state index contributed by atoms with van der Waals surface area (Å²) < 4.78 is 0. The molecule has 1 aromatic heterocycles. The van der Waals surface area contributed by atoms with Gasteiger partial charge in [0, 0.05) is 35.1 Å². The van der Waals surface area contributed by atoms with Gasteiger partial charge in [0.25, 0.3) is 17.7 Å². The van der Waals surface area contributed by atoms with Crippen LogP contribution in [0, 0.1) is 5.92 Å². The number of nitrogens with one attached hydrogen (secondary N) is 2. The molecule has 1 unspecified atom stereocenters. The number of benzene rings is 1. The minimum Gasteiger partial charge on any atom is -0.504 e. The Hall–Kier alpha value is -4.20. The van der Waals surface area contributed by atoms with E-state index in [9.17, 15) is 44.4 Å². The van der Waals surface area contributed by atoms with E-state index >= 15 is 0 Å². The topological polar surface area (TPSA) is 254 Å². The van der Waals surface area contributed by atoms with E-state index in [0.29, 0.717) is 24.2 Å². The Bertz CT molecular complexity index is 1700. The Morgan fingerprint density at radius 2 is 1.98 bits per heavy atom. The van der Waals surface area contributed by atoms with E-state index in [1.54, 1.807) is 0 Å². The van der Waals surface area contributed by atoms with Crippen LogP contribution in [0.25, 0.3) is 0 Å². The van der Waals surface area contributed by atoms with Crippen molar-refractivity contribution in [3.8, 4) is 11.5 Å². The maximum absolute atomic E-state index is 13.3. The molecule has 0 spiro atoms. The molecule has 2 fully saturated rings. The van der Waals surface area contributed by atoms with Crippen molar-refractivity contribution in [1.29, 1.82) is 0 Å². The standard InChI is InChI=1S/C27H27ClN6O10S3/c28-15-12(3-4-14(35)19(15)36)21(37)30-5-6-45-7-11-8-46-24-17(23(39)34(24)18(11)25(40)41)32-22(38)16(13-9-47-27(29)31-13)33-44-20(26(42)43)10-1-2-10/h3-4,9-10,17,20,24,35-36H,1-2,5-8H2,(H2,29,31)(H,30,37)(H,32,38)(H,40,41)(H,42,43)/b33-16-/t17-,20?,24-/m1/s1. The number of amides is 3. The normalized spacial score (nSPS) is 19.8. The number of oxime groups is 1. The van der Waals surface area contributed by atoms with Gasteiger partial charge in [-0.25, -0.2) is 14.6 Å². The lowest BCUT2D eigenvalue weighted by Crippen LogP contribution is -2.71. The van der Waals surface area contributed by atoms with Gasteiger partial charge in [-0.1, -0.05) is 16.8 Å². The molecule has 1 aromatic carbocycles. The monoisotopic (exact) mass is 726 g/mol. The minimum atomic E-state index is -1.31. The van der Waals surface area contributed by atoms with E-state index in [2.05, 4.69) is 20.8 Å². The summed E-state index contributed by atoms with van der Waals surface area (Å²) in [4.78, 5) is 73.1. The smallest absolute Gasteiger partial charge is 0.352 e. The van der Waals surface area contributed by atoms with Crippen molar-refractivity contribution < 1.29 is 49.2 Å². The average Bonchev–Trinajstić information content (AvgIpc) is 3.78. The number of anilines is 1. The van der Waals surface area contributed by atoms with Crippen LogP contribution >= 0.6 is 46.5 Å². The Balaban J connectivity index is 1.20. The number of aromatic hydroxyl groups is 2. The van der Waals surface area contributed by atoms with Crippen molar-refractivity contribution in [1.82, 2.24) is 20.5 Å². The second-order valence-electron chi connectivity index (χ2n) is 10.4. The first-order valence-electron chi connectivity index (χ1n) is 13.8. The molecule has 1 saturated heterocycles. The van der Waals surface area contributed by atoms with E-state index < -0.39 is 58.7 Å². The average molecular weight is 727 g/mol. The van der Waals surface area contributed by atoms with Gasteiger partial charge in [-0.15, -0.1) is 23.1 Å². The molecule has 0 bridgehead atoms. The van der Waals surface area contributed by atoms with Gasteiger partial charge in [0.1, 0.15) is 22.8 Å². The maximum atomic E-state index is 13.3. The fourth-order valence-electron chi connectivity index (χ4n) is 4.70. The van der Waals surface area contributed by atoms with Crippen molar-refractivity contribution in [2.75, 3.05) is 29.5 Å². The first-order chi connectivity index (χ1) is 22.4. The number of carbonyl (C=O) groups excluding carboxylic acids is 3. The molecule has 3 atom stereocenters. The van der Waals surface area contributed by atoms with Crippen LogP contribution in [-0.4, -0.2) is 107 Å². The van der Waals surface area contributed by atoms with Gasteiger partial charge in [-0.2, -0.15) is 11.8 Å². The molecule has 250 valence electrons. The van der Waals surface area contributed by atoms with E-state index in [1.165, 1.54) is 35.0 Å². The number of halogens is 1. The van der Waals surface area contributed by atoms with E-state index in [1.807, 2.05) is 0 Å². The second kappa shape index (κ2) is 14.3. The summed E-state index contributed by atoms with van der Waals surface area (Å²) in [5.74, 6) is -5.10. The first kappa shape index (κ1) is 34.1. The number of aromatic nitrogens is 1. The number of carbonyl (C=O) groups is 5. The van der Waals surface area contributed by atoms with Crippen LogP contribution in [0.4, 0.5) is 5.13 Å². The first-order valence-corrected chi connectivity index (χ1v) is 17.3. The summed E-state index contributed by atoms with van der Waals surface area (Å²) in [5, 5.41) is 48.2. The molecule has 2 aromatic rings. The van der Waals surface area contributed by atoms with Crippen molar-refractivity contribution in [3.05, 3.63) is 45.1 Å². The van der Waals surface area contributed by atoms with Gasteiger partial charge in [-0.3, -0.25) is 19.3 Å². The second-order valence-corrected chi connectivity index (χ2v) is 13.9. The number of hydrogen-bond acceptors (Lipinski definition) is 14. The molecular weight excluding hydrogens is 700 g/mol. The Labute approximate surface area is 283 Å². The number of carboxylic acid groups (broad SMARTS) is 2. The van der Waals surface area contributed by atoms with E-state index in [-0.39, 0.29) is 56.8 Å². The summed E-state index contributed by atoms with van der Waals surface area (Å²) in [6.45, 7) is 0.176. The number of phenols is 2. The summed E-state index contributed by atoms with van der Waals surface area (Å²) in [7, 11) is 0. The predicted molar refractivity (Wildman–Crippen MR) is 172 cm³/mol. The fraction of sp³-hybridized carbons (Fsp3) is 0.370. The molecule has 1 saturated carbocycles. The fourth-order valence-corrected chi connectivity index (χ4v) is 7.85. The van der Waals surface area contributed by atoms with Crippen molar-refractivity contribution in [3.63, 3.8) is 0 Å². The quantitative estimate of drug-likeness (QED) is 0.0476. The van der Waals surface area contributed by atoms with Gasteiger partial charge < -0.3 is 41.6 Å². The van der Waals surface area contributed by atoms with Crippen LogP contribution in [0.5, 0.6) is 11.5 Å². The van der Waals surface area contributed by atoms with Crippen LogP contribution < -0.4 is 16.4 Å². The summed E-state index contributed by atoms with van der Waals surface area (Å²) in [5.41, 5.74) is 5.62. The highest BCUT2D eigenvalue weighted by atomic mass is 35.5. The Morgan fingerprint density at radius 1 is 1.23 bits per heavy atom. The van der Waals surface area contributed by atoms with Crippen LogP contribution in [0.15, 0.2) is 33.9 Å². The zero-order valence-corrected chi connectivity index (χ0v) is 27.2. The number of rotatable bonds is 14. The number of fused-ring (bicyclic) bond motifs is 1. The van der Waals surface area contributed by atoms with Gasteiger partial charge in [0.2, 0.25) is 6.10 Å². The van der Waals surface area contributed by atoms with E-state index in [0.717, 1.165) is 22.3 Å². The number of nitrogens with zero attached hydrogens (tertiary/aromatic N) is 3. The number of nitrogens with two attached hydrogens (primary N) is 1. The number of aliphatic carboxylic acids is 2. The number of nitrogen functional groups attached to an aromatic ring is 1.